The molecule has 1 aromatic carbocycles. The third-order valence-electron chi connectivity index (χ3n) is 4.25. The summed E-state index contributed by atoms with van der Waals surface area (Å²) in [6, 6.07) is 5.29. The van der Waals surface area contributed by atoms with E-state index >= 15 is 0 Å². The van der Waals surface area contributed by atoms with Crippen LogP contribution in [0.2, 0.25) is 0 Å². The first kappa shape index (κ1) is 15.1. The van der Waals surface area contributed by atoms with Gasteiger partial charge >= 0.3 is 6.03 Å². The Kier molecular flexibility index (Phi) is 3.81. The predicted octanol–water partition coefficient (Wildman–Crippen LogP) is 2.18. The summed E-state index contributed by atoms with van der Waals surface area (Å²) in [5.74, 6) is -0.344. The van der Waals surface area contributed by atoms with Gasteiger partial charge in [-0.1, -0.05) is 31.4 Å². The lowest BCUT2D eigenvalue weighted by atomic mass is 9.82. The molecule has 3 amide bonds. The number of nitrogens with zero attached hydrogens (tertiary/aromatic N) is 3. The number of carbonyl (C=O) groups excluding carboxylic acids is 2. The Balaban J connectivity index is 1.79. The predicted molar refractivity (Wildman–Crippen MR) is 81.9 cm³/mol. The molecule has 8 heteroatoms. The van der Waals surface area contributed by atoms with Crippen LogP contribution in [0.15, 0.2) is 29.4 Å². The number of hydrazone groups is 1. The van der Waals surface area contributed by atoms with E-state index in [4.69, 9.17) is 0 Å². The highest BCUT2D eigenvalue weighted by molar-refractivity contribution is 6.07. The molecule has 1 aromatic rings. The molecule has 2 aliphatic rings. The minimum atomic E-state index is -0.824. The van der Waals surface area contributed by atoms with Gasteiger partial charge in [0, 0.05) is 17.7 Å². The minimum absolute atomic E-state index is 0.0742. The van der Waals surface area contributed by atoms with Gasteiger partial charge < -0.3 is 5.32 Å². The molecule has 1 aliphatic carbocycles. The number of urea groups is 1. The molecule has 0 bridgehead atoms. The Bertz CT molecular complexity index is 694. The van der Waals surface area contributed by atoms with Gasteiger partial charge in [-0.25, -0.2) is 4.79 Å². The lowest BCUT2D eigenvalue weighted by Crippen LogP contribution is -2.48. The average molecular weight is 316 g/mol. The number of carbonyl (C=O) groups is 2. The van der Waals surface area contributed by atoms with Crippen molar-refractivity contribution in [2.75, 3.05) is 0 Å². The molecule has 1 aliphatic heterocycles. The summed E-state index contributed by atoms with van der Waals surface area (Å²) in [6.07, 6.45) is 5.39. The highest BCUT2D eigenvalue weighted by Gasteiger charge is 2.51. The number of benzene rings is 1. The standard InChI is InChI=1S/C15H16N4O4/c20-13-15(7-2-1-3-8-15)17-14(21)18(13)16-10-11-5-4-6-12(9-11)19(22)23/h4-6,9-10H,1-3,7-8H2,(H,17,21)/b16-10-. The number of imide groups is 1. The molecular weight excluding hydrogens is 300 g/mol. The number of non-ortho nitro benzene ring substituents is 1. The van der Waals surface area contributed by atoms with Gasteiger partial charge in [0.2, 0.25) is 0 Å². The highest BCUT2D eigenvalue weighted by atomic mass is 16.6. The van der Waals surface area contributed by atoms with Crippen molar-refractivity contribution >= 4 is 23.8 Å². The van der Waals surface area contributed by atoms with Crippen molar-refractivity contribution in [1.82, 2.24) is 10.3 Å². The molecule has 0 unspecified atom stereocenters. The lowest BCUT2D eigenvalue weighted by molar-refractivity contribution is -0.384. The molecule has 1 saturated heterocycles. The van der Waals surface area contributed by atoms with E-state index in [0.717, 1.165) is 24.3 Å². The molecule has 1 saturated carbocycles. The summed E-state index contributed by atoms with van der Waals surface area (Å²) in [4.78, 5) is 34.8. The Hall–Kier alpha value is -2.77. The fourth-order valence-electron chi connectivity index (χ4n) is 3.05. The van der Waals surface area contributed by atoms with Gasteiger partial charge in [-0.2, -0.15) is 5.10 Å². The molecule has 1 N–H and O–H groups in total. The number of nitro groups is 1. The normalized spacial score (nSPS) is 20.3. The van der Waals surface area contributed by atoms with E-state index in [1.165, 1.54) is 24.4 Å². The van der Waals surface area contributed by atoms with Gasteiger partial charge in [0.25, 0.3) is 11.6 Å². The van der Waals surface area contributed by atoms with Crippen molar-refractivity contribution in [3.05, 3.63) is 39.9 Å². The second-order valence-electron chi connectivity index (χ2n) is 5.79. The van der Waals surface area contributed by atoms with E-state index in [9.17, 15) is 19.7 Å². The molecule has 2 fully saturated rings. The van der Waals surface area contributed by atoms with Crippen LogP contribution >= 0.6 is 0 Å². The molecular formula is C15H16N4O4. The molecule has 1 heterocycles. The monoisotopic (exact) mass is 316 g/mol. The Labute approximate surface area is 132 Å². The summed E-state index contributed by atoms with van der Waals surface area (Å²) >= 11 is 0. The Morgan fingerprint density at radius 3 is 2.70 bits per heavy atom. The lowest BCUT2D eigenvalue weighted by Gasteiger charge is -2.29. The van der Waals surface area contributed by atoms with Gasteiger partial charge in [0.1, 0.15) is 5.54 Å². The molecule has 1 spiro atoms. The zero-order valence-corrected chi connectivity index (χ0v) is 12.4. The number of amides is 3. The molecule has 23 heavy (non-hydrogen) atoms. The maximum Gasteiger partial charge on any atom is 0.346 e. The Morgan fingerprint density at radius 2 is 2.00 bits per heavy atom. The summed E-state index contributed by atoms with van der Waals surface area (Å²) in [5, 5.41) is 18.3. The van der Waals surface area contributed by atoms with Crippen LogP contribution in [0.5, 0.6) is 0 Å². The van der Waals surface area contributed by atoms with Crippen LogP contribution in [0.3, 0.4) is 0 Å². The average Bonchev–Trinajstić information content (AvgIpc) is 2.77. The van der Waals surface area contributed by atoms with E-state index in [-0.39, 0.29) is 11.6 Å². The van der Waals surface area contributed by atoms with Crippen LogP contribution in [0.25, 0.3) is 0 Å². The zero-order valence-electron chi connectivity index (χ0n) is 12.4. The van der Waals surface area contributed by atoms with E-state index in [2.05, 4.69) is 10.4 Å². The SMILES string of the molecule is O=C1NC2(CCCCC2)C(=O)N1/N=C\c1cccc([N+](=O)[O-])c1. The van der Waals surface area contributed by atoms with Gasteiger partial charge in [-0.3, -0.25) is 14.9 Å². The van der Waals surface area contributed by atoms with E-state index in [0.29, 0.717) is 18.4 Å². The van der Waals surface area contributed by atoms with Gasteiger partial charge in [0.15, 0.2) is 0 Å². The van der Waals surface area contributed by atoms with Gasteiger partial charge in [-0.05, 0) is 12.8 Å². The summed E-state index contributed by atoms with van der Waals surface area (Å²) in [7, 11) is 0. The smallest absolute Gasteiger partial charge is 0.321 e. The van der Waals surface area contributed by atoms with Crippen molar-refractivity contribution in [3.8, 4) is 0 Å². The fourth-order valence-corrected chi connectivity index (χ4v) is 3.05. The molecule has 120 valence electrons. The molecule has 8 nitrogen and oxygen atoms in total. The van der Waals surface area contributed by atoms with Gasteiger partial charge in [0.05, 0.1) is 11.1 Å². The second kappa shape index (κ2) is 5.79. The maximum absolute atomic E-state index is 12.5. The third-order valence-corrected chi connectivity index (χ3v) is 4.25. The first-order valence-corrected chi connectivity index (χ1v) is 7.47. The largest absolute Gasteiger partial charge is 0.346 e. The topological polar surface area (TPSA) is 105 Å². The van der Waals surface area contributed by atoms with Crippen molar-refractivity contribution in [2.24, 2.45) is 5.10 Å². The van der Waals surface area contributed by atoms with Crippen LogP contribution in [0, 0.1) is 10.1 Å². The molecule has 3 rings (SSSR count). The van der Waals surface area contributed by atoms with Crippen LogP contribution in [-0.4, -0.2) is 33.6 Å². The number of nitrogens with one attached hydrogen (secondary N) is 1. The van der Waals surface area contributed by atoms with Crippen molar-refractivity contribution < 1.29 is 14.5 Å². The van der Waals surface area contributed by atoms with Crippen LogP contribution in [-0.2, 0) is 4.79 Å². The summed E-state index contributed by atoms with van der Waals surface area (Å²) in [5.41, 5.74) is -0.450. The Morgan fingerprint density at radius 1 is 1.26 bits per heavy atom. The molecule has 0 aromatic heterocycles. The number of hydrogen-bond acceptors (Lipinski definition) is 5. The fraction of sp³-hybridized carbons (Fsp3) is 0.400. The van der Waals surface area contributed by atoms with E-state index in [1.54, 1.807) is 6.07 Å². The van der Waals surface area contributed by atoms with Crippen molar-refractivity contribution in [1.29, 1.82) is 0 Å². The summed E-state index contributed by atoms with van der Waals surface area (Å²) < 4.78 is 0. The zero-order chi connectivity index (χ0) is 16.4. The van der Waals surface area contributed by atoms with Crippen LogP contribution < -0.4 is 5.32 Å². The number of nitro benzene ring substituents is 1. The first-order valence-electron chi connectivity index (χ1n) is 7.47. The second-order valence-corrected chi connectivity index (χ2v) is 5.79. The minimum Gasteiger partial charge on any atom is -0.321 e. The highest BCUT2D eigenvalue weighted by Crippen LogP contribution is 2.33. The van der Waals surface area contributed by atoms with Gasteiger partial charge in [-0.15, -0.1) is 5.01 Å². The third kappa shape index (κ3) is 2.79. The van der Waals surface area contributed by atoms with Crippen LogP contribution in [0.1, 0.15) is 37.7 Å². The maximum atomic E-state index is 12.5. The van der Waals surface area contributed by atoms with E-state index < -0.39 is 16.5 Å². The van der Waals surface area contributed by atoms with Crippen LogP contribution in [0.4, 0.5) is 10.5 Å². The van der Waals surface area contributed by atoms with Crippen molar-refractivity contribution in [2.45, 2.75) is 37.6 Å². The first-order chi connectivity index (χ1) is 11.0. The molecule has 0 radical (unpaired) electrons. The number of hydrogen-bond donors (Lipinski definition) is 1. The summed E-state index contributed by atoms with van der Waals surface area (Å²) in [6.45, 7) is 0. The number of rotatable bonds is 3. The van der Waals surface area contributed by atoms with Crippen molar-refractivity contribution in [3.63, 3.8) is 0 Å². The van der Waals surface area contributed by atoms with E-state index in [1.807, 2.05) is 0 Å². The quantitative estimate of drug-likeness (QED) is 0.399. The molecule has 0 atom stereocenters.